The number of fused-ring (bicyclic) bond motifs is 1. The standard InChI is InChI=1S/C17H13IO2/c1-10-6-11(2)17-14(19)9-15(20-16(17)7-10)12-4-3-5-13(18)8-12/h3-9H,1-2H3. The van der Waals surface area contributed by atoms with Gasteiger partial charge in [0.05, 0.1) is 5.39 Å². The van der Waals surface area contributed by atoms with Gasteiger partial charge in [0, 0.05) is 15.2 Å². The molecule has 20 heavy (non-hydrogen) atoms. The molecule has 3 rings (SSSR count). The van der Waals surface area contributed by atoms with Crippen LogP contribution in [-0.2, 0) is 0 Å². The van der Waals surface area contributed by atoms with Crippen LogP contribution in [0.3, 0.4) is 0 Å². The summed E-state index contributed by atoms with van der Waals surface area (Å²) in [5.41, 5.74) is 3.65. The number of benzene rings is 2. The molecule has 0 amide bonds. The van der Waals surface area contributed by atoms with E-state index in [0.29, 0.717) is 16.7 Å². The van der Waals surface area contributed by atoms with E-state index in [2.05, 4.69) is 22.6 Å². The third kappa shape index (κ3) is 2.38. The monoisotopic (exact) mass is 376 g/mol. The first-order chi connectivity index (χ1) is 9.54. The summed E-state index contributed by atoms with van der Waals surface area (Å²) in [6.45, 7) is 3.95. The molecular formula is C17H13IO2. The molecule has 0 bridgehead atoms. The summed E-state index contributed by atoms with van der Waals surface area (Å²) in [5, 5.41) is 0.671. The van der Waals surface area contributed by atoms with Crippen LogP contribution in [0.1, 0.15) is 11.1 Å². The average Bonchev–Trinajstić information content (AvgIpc) is 2.37. The predicted octanol–water partition coefficient (Wildman–Crippen LogP) is 4.68. The SMILES string of the molecule is Cc1cc(C)c2c(=O)cc(-c3cccc(I)c3)oc2c1. The Kier molecular flexibility index (Phi) is 3.38. The van der Waals surface area contributed by atoms with Gasteiger partial charge in [-0.2, -0.15) is 0 Å². The maximum atomic E-state index is 12.3. The predicted molar refractivity (Wildman–Crippen MR) is 90.1 cm³/mol. The molecular weight excluding hydrogens is 363 g/mol. The highest BCUT2D eigenvalue weighted by Gasteiger charge is 2.09. The average molecular weight is 376 g/mol. The fourth-order valence-corrected chi connectivity index (χ4v) is 2.99. The van der Waals surface area contributed by atoms with E-state index in [1.807, 2.05) is 50.2 Å². The highest BCUT2D eigenvalue weighted by atomic mass is 127. The van der Waals surface area contributed by atoms with Crippen molar-refractivity contribution in [1.82, 2.24) is 0 Å². The summed E-state index contributed by atoms with van der Waals surface area (Å²) in [7, 11) is 0. The summed E-state index contributed by atoms with van der Waals surface area (Å²) in [5.74, 6) is 0.617. The van der Waals surface area contributed by atoms with Gasteiger partial charge in [-0.3, -0.25) is 4.79 Å². The summed E-state index contributed by atoms with van der Waals surface area (Å²) in [4.78, 5) is 12.3. The summed E-state index contributed by atoms with van der Waals surface area (Å²) in [6.07, 6.45) is 0. The van der Waals surface area contributed by atoms with E-state index in [0.717, 1.165) is 20.3 Å². The van der Waals surface area contributed by atoms with Crippen molar-refractivity contribution < 1.29 is 4.42 Å². The molecule has 0 N–H and O–H groups in total. The Balaban J connectivity index is 2.32. The zero-order valence-corrected chi connectivity index (χ0v) is 13.4. The van der Waals surface area contributed by atoms with Gasteiger partial charge in [-0.25, -0.2) is 0 Å². The van der Waals surface area contributed by atoms with Crippen LogP contribution in [0.25, 0.3) is 22.3 Å². The molecule has 2 aromatic carbocycles. The Hall–Kier alpha value is -1.62. The van der Waals surface area contributed by atoms with Crippen LogP contribution in [0.5, 0.6) is 0 Å². The van der Waals surface area contributed by atoms with Gasteiger partial charge in [0.1, 0.15) is 11.3 Å². The van der Waals surface area contributed by atoms with Crippen LogP contribution < -0.4 is 5.43 Å². The van der Waals surface area contributed by atoms with E-state index in [1.165, 1.54) is 0 Å². The maximum absolute atomic E-state index is 12.3. The third-order valence-corrected chi connectivity index (χ3v) is 3.95. The molecule has 0 atom stereocenters. The van der Waals surface area contributed by atoms with Crippen LogP contribution in [0.15, 0.2) is 51.7 Å². The molecule has 3 aromatic rings. The smallest absolute Gasteiger partial charge is 0.193 e. The van der Waals surface area contributed by atoms with Crippen molar-refractivity contribution in [2.75, 3.05) is 0 Å². The number of aryl methyl sites for hydroxylation is 2. The van der Waals surface area contributed by atoms with Gasteiger partial charge in [-0.1, -0.05) is 18.2 Å². The topological polar surface area (TPSA) is 30.2 Å². The van der Waals surface area contributed by atoms with Gasteiger partial charge in [-0.15, -0.1) is 0 Å². The lowest BCUT2D eigenvalue weighted by atomic mass is 10.1. The molecule has 100 valence electrons. The Bertz CT molecular complexity index is 862. The molecule has 0 aliphatic carbocycles. The Labute approximate surface area is 130 Å². The number of halogens is 1. The van der Waals surface area contributed by atoms with E-state index >= 15 is 0 Å². The van der Waals surface area contributed by atoms with Crippen molar-refractivity contribution in [1.29, 1.82) is 0 Å². The fourth-order valence-electron chi connectivity index (χ4n) is 2.45. The summed E-state index contributed by atoms with van der Waals surface area (Å²) >= 11 is 2.25. The molecule has 0 saturated heterocycles. The second kappa shape index (κ2) is 5.05. The molecule has 3 heteroatoms. The molecule has 1 heterocycles. The minimum Gasteiger partial charge on any atom is -0.456 e. The van der Waals surface area contributed by atoms with Gasteiger partial charge in [0.2, 0.25) is 0 Å². The normalized spacial score (nSPS) is 10.9. The fraction of sp³-hybridized carbons (Fsp3) is 0.118. The second-order valence-corrected chi connectivity index (χ2v) is 6.19. The molecule has 0 saturated carbocycles. The third-order valence-electron chi connectivity index (χ3n) is 3.28. The second-order valence-electron chi connectivity index (χ2n) is 4.94. The molecule has 0 unspecified atom stereocenters. The van der Waals surface area contributed by atoms with Crippen molar-refractivity contribution in [2.45, 2.75) is 13.8 Å². The Morgan fingerprint density at radius 3 is 2.60 bits per heavy atom. The first-order valence-electron chi connectivity index (χ1n) is 6.35. The molecule has 1 aromatic heterocycles. The maximum Gasteiger partial charge on any atom is 0.193 e. The van der Waals surface area contributed by atoms with Crippen molar-refractivity contribution in [2.24, 2.45) is 0 Å². The van der Waals surface area contributed by atoms with E-state index in [9.17, 15) is 4.79 Å². The largest absolute Gasteiger partial charge is 0.456 e. The quantitative estimate of drug-likeness (QED) is 0.578. The van der Waals surface area contributed by atoms with Gasteiger partial charge in [0.15, 0.2) is 5.43 Å². The van der Waals surface area contributed by atoms with Gasteiger partial charge in [0.25, 0.3) is 0 Å². The van der Waals surface area contributed by atoms with Crippen LogP contribution in [0.4, 0.5) is 0 Å². The van der Waals surface area contributed by atoms with Gasteiger partial charge < -0.3 is 4.42 Å². The molecule has 0 spiro atoms. The Morgan fingerprint density at radius 1 is 1.05 bits per heavy atom. The van der Waals surface area contributed by atoms with Crippen LogP contribution in [0, 0.1) is 17.4 Å². The number of hydrogen-bond acceptors (Lipinski definition) is 2. The molecule has 2 nitrogen and oxygen atoms in total. The van der Waals surface area contributed by atoms with Crippen molar-refractivity contribution in [3.05, 3.63) is 67.4 Å². The van der Waals surface area contributed by atoms with E-state index in [1.54, 1.807) is 6.07 Å². The lowest BCUT2D eigenvalue weighted by molar-refractivity contribution is 0.618. The summed E-state index contributed by atoms with van der Waals surface area (Å²) in [6, 6.07) is 13.4. The van der Waals surface area contributed by atoms with Crippen molar-refractivity contribution in [3.63, 3.8) is 0 Å². The first-order valence-corrected chi connectivity index (χ1v) is 7.43. The first kappa shape index (κ1) is 13.4. The zero-order chi connectivity index (χ0) is 14.3. The van der Waals surface area contributed by atoms with E-state index in [-0.39, 0.29) is 5.43 Å². The lowest BCUT2D eigenvalue weighted by Gasteiger charge is -2.06. The zero-order valence-electron chi connectivity index (χ0n) is 11.2. The van der Waals surface area contributed by atoms with Crippen molar-refractivity contribution in [3.8, 4) is 11.3 Å². The van der Waals surface area contributed by atoms with E-state index < -0.39 is 0 Å². The number of hydrogen-bond donors (Lipinski definition) is 0. The summed E-state index contributed by atoms with van der Waals surface area (Å²) < 4.78 is 7.06. The molecule has 0 radical (unpaired) electrons. The minimum atomic E-state index is 0.0117. The minimum absolute atomic E-state index is 0.0117. The van der Waals surface area contributed by atoms with Gasteiger partial charge >= 0.3 is 0 Å². The Morgan fingerprint density at radius 2 is 1.85 bits per heavy atom. The van der Waals surface area contributed by atoms with Crippen LogP contribution in [-0.4, -0.2) is 0 Å². The number of rotatable bonds is 1. The van der Waals surface area contributed by atoms with Crippen LogP contribution in [0.2, 0.25) is 0 Å². The molecule has 0 aliphatic heterocycles. The lowest BCUT2D eigenvalue weighted by Crippen LogP contribution is -2.02. The van der Waals surface area contributed by atoms with Crippen LogP contribution >= 0.6 is 22.6 Å². The van der Waals surface area contributed by atoms with Gasteiger partial charge in [-0.05, 0) is 65.8 Å². The van der Waals surface area contributed by atoms with E-state index in [4.69, 9.17) is 4.42 Å². The highest BCUT2D eigenvalue weighted by molar-refractivity contribution is 14.1. The highest BCUT2D eigenvalue weighted by Crippen LogP contribution is 2.25. The molecule has 0 fully saturated rings. The molecule has 0 aliphatic rings. The van der Waals surface area contributed by atoms with Crippen molar-refractivity contribution >= 4 is 33.6 Å².